The van der Waals surface area contributed by atoms with Gasteiger partial charge < -0.3 is 9.32 Å². The van der Waals surface area contributed by atoms with E-state index in [4.69, 9.17) is 16.0 Å². The number of para-hydroxylation sites is 1. The molecule has 6 heteroatoms. The van der Waals surface area contributed by atoms with Crippen LogP contribution in [-0.2, 0) is 11.2 Å². The number of likely N-dealkylation sites (tertiary alicyclic amines) is 1. The predicted molar refractivity (Wildman–Crippen MR) is 100 cm³/mol. The summed E-state index contributed by atoms with van der Waals surface area (Å²) in [4.78, 5) is 23.3. The normalized spacial score (nSPS) is 15.5. The first-order valence-corrected chi connectivity index (χ1v) is 9.22. The van der Waals surface area contributed by atoms with Crippen molar-refractivity contribution in [2.75, 3.05) is 13.1 Å². The first-order chi connectivity index (χ1) is 12.6. The molecule has 4 rings (SSSR count). The number of halogens is 1. The van der Waals surface area contributed by atoms with Gasteiger partial charge in [0.15, 0.2) is 11.5 Å². The SMILES string of the molecule is Cc1cccc2nc(C3CCN(C(=O)Cc4ccc(Cl)cn4)CC3)oc12. The molecule has 3 aromatic rings. The molecule has 1 aliphatic heterocycles. The van der Waals surface area contributed by atoms with Gasteiger partial charge in [0.2, 0.25) is 5.91 Å². The van der Waals surface area contributed by atoms with Crippen LogP contribution in [0.1, 0.15) is 35.9 Å². The van der Waals surface area contributed by atoms with Gasteiger partial charge in [-0.1, -0.05) is 23.7 Å². The van der Waals surface area contributed by atoms with Crippen LogP contribution in [0.3, 0.4) is 0 Å². The number of piperidine rings is 1. The van der Waals surface area contributed by atoms with Crippen LogP contribution in [0.4, 0.5) is 0 Å². The number of aryl methyl sites for hydroxylation is 1. The first-order valence-electron chi connectivity index (χ1n) is 8.84. The number of aromatic nitrogens is 2. The number of hydrogen-bond acceptors (Lipinski definition) is 4. The summed E-state index contributed by atoms with van der Waals surface area (Å²) in [5, 5.41) is 0.579. The Morgan fingerprint density at radius 2 is 2.08 bits per heavy atom. The Hall–Kier alpha value is -2.40. The Bertz CT molecular complexity index is 928. The molecule has 0 bridgehead atoms. The van der Waals surface area contributed by atoms with Crippen molar-refractivity contribution in [3.63, 3.8) is 0 Å². The second kappa shape index (κ2) is 7.08. The van der Waals surface area contributed by atoms with Gasteiger partial charge in [0.1, 0.15) is 5.52 Å². The minimum atomic E-state index is 0.103. The van der Waals surface area contributed by atoms with Crippen LogP contribution in [0.5, 0.6) is 0 Å². The zero-order valence-corrected chi connectivity index (χ0v) is 15.4. The molecule has 0 radical (unpaired) electrons. The minimum absolute atomic E-state index is 0.103. The van der Waals surface area contributed by atoms with Gasteiger partial charge in [-0.25, -0.2) is 4.98 Å². The fourth-order valence-corrected chi connectivity index (χ4v) is 3.54. The van der Waals surface area contributed by atoms with Crippen LogP contribution < -0.4 is 0 Å². The van der Waals surface area contributed by atoms with Crippen molar-refractivity contribution in [3.8, 4) is 0 Å². The average molecular weight is 370 g/mol. The molecular formula is C20H20ClN3O2. The van der Waals surface area contributed by atoms with Crippen molar-refractivity contribution >= 4 is 28.6 Å². The van der Waals surface area contributed by atoms with Gasteiger partial charge in [0, 0.05) is 30.9 Å². The van der Waals surface area contributed by atoms with Crippen LogP contribution in [0.25, 0.3) is 11.1 Å². The molecule has 0 saturated carbocycles. The summed E-state index contributed by atoms with van der Waals surface area (Å²) >= 11 is 5.84. The van der Waals surface area contributed by atoms with Crippen molar-refractivity contribution in [1.82, 2.24) is 14.9 Å². The summed E-state index contributed by atoms with van der Waals surface area (Å²) in [6.07, 6.45) is 3.62. The van der Waals surface area contributed by atoms with Gasteiger partial charge in [0.25, 0.3) is 0 Å². The van der Waals surface area contributed by atoms with Crippen molar-refractivity contribution in [2.24, 2.45) is 0 Å². The maximum absolute atomic E-state index is 12.5. The molecule has 0 unspecified atom stereocenters. The van der Waals surface area contributed by atoms with E-state index in [1.54, 1.807) is 18.3 Å². The Balaban J connectivity index is 1.39. The molecular weight excluding hydrogens is 350 g/mol. The number of hydrogen-bond donors (Lipinski definition) is 0. The van der Waals surface area contributed by atoms with Crippen LogP contribution in [0.2, 0.25) is 5.02 Å². The van der Waals surface area contributed by atoms with Crippen molar-refractivity contribution in [1.29, 1.82) is 0 Å². The lowest BCUT2D eigenvalue weighted by atomic mass is 9.96. The van der Waals surface area contributed by atoms with Crippen molar-refractivity contribution in [3.05, 3.63) is 58.7 Å². The molecule has 2 aromatic heterocycles. The highest BCUT2D eigenvalue weighted by molar-refractivity contribution is 6.30. The highest BCUT2D eigenvalue weighted by Crippen LogP contribution is 2.31. The van der Waals surface area contributed by atoms with Crippen LogP contribution in [0, 0.1) is 6.92 Å². The number of carbonyl (C=O) groups excluding carboxylic acids is 1. The number of fused-ring (bicyclic) bond motifs is 1. The highest BCUT2D eigenvalue weighted by Gasteiger charge is 2.27. The Morgan fingerprint density at radius 1 is 1.27 bits per heavy atom. The number of pyridine rings is 1. The summed E-state index contributed by atoms with van der Waals surface area (Å²) in [5.74, 6) is 1.16. The Labute approximate surface area is 157 Å². The molecule has 5 nitrogen and oxygen atoms in total. The quantitative estimate of drug-likeness (QED) is 0.696. The van der Waals surface area contributed by atoms with Gasteiger partial charge in [-0.05, 0) is 43.5 Å². The molecule has 1 fully saturated rings. The van der Waals surface area contributed by atoms with Crippen molar-refractivity contribution < 1.29 is 9.21 Å². The van der Waals surface area contributed by atoms with E-state index in [0.717, 1.165) is 54.2 Å². The van der Waals surface area contributed by atoms with Crippen LogP contribution >= 0.6 is 11.6 Å². The number of carbonyl (C=O) groups is 1. The number of oxazole rings is 1. The molecule has 0 N–H and O–H groups in total. The highest BCUT2D eigenvalue weighted by atomic mass is 35.5. The molecule has 26 heavy (non-hydrogen) atoms. The number of amides is 1. The topological polar surface area (TPSA) is 59.2 Å². The molecule has 0 aliphatic carbocycles. The third-order valence-corrected chi connectivity index (χ3v) is 5.17. The number of nitrogens with zero attached hydrogens (tertiary/aromatic N) is 3. The van der Waals surface area contributed by atoms with E-state index in [1.807, 2.05) is 30.0 Å². The molecule has 1 aromatic carbocycles. The van der Waals surface area contributed by atoms with Gasteiger partial charge >= 0.3 is 0 Å². The van der Waals surface area contributed by atoms with E-state index < -0.39 is 0 Å². The zero-order chi connectivity index (χ0) is 18.1. The summed E-state index contributed by atoms with van der Waals surface area (Å²) < 4.78 is 6.00. The lowest BCUT2D eigenvalue weighted by Gasteiger charge is -2.30. The van der Waals surface area contributed by atoms with Gasteiger partial charge in [0.05, 0.1) is 11.4 Å². The Kier molecular flexibility index (Phi) is 4.64. The molecule has 1 saturated heterocycles. The Morgan fingerprint density at radius 3 is 2.77 bits per heavy atom. The predicted octanol–water partition coefficient (Wildman–Crippen LogP) is 4.13. The second-order valence-corrected chi connectivity index (χ2v) is 7.21. The summed E-state index contributed by atoms with van der Waals surface area (Å²) in [6, 6.07) is 9.57. The molecule has 0 spiro atoms. The monoisotopic (exact) mass is 369 g/mol. The van der Waals surface area contributed by atoms with Gasteiger partial charge in [-0.3, -0.25) is 9.78 Å². The fraction of sp³-hybridized carbons (Fsp3) is 0.350. The third kappa shape index (κ3) is 3.44. The first kappa shape index (κ1) is 17.0. The summed E-state index contributed by atoms with van der Waals surface area (Å²) in [5.41, 5.74) is 3.63. The smallest absolute Gasteiger partial charge is 0.228 e. The van der Waals surface area contributed by atoms with E-state index >= 15 is 0 Å². The average Bonchev–Trinajstić information content (AvgIpc) is 3.09. The standard InChI is InChI=1S/C20H20ClN3O2/c1-13-3-2-4-17-19(13)26-20(23-17)14-7-9-24(10-8-14)18(25)11-16-6-5-15(21)12-22-16/h2-6,12,14H,7-11H2,1H3. The van der Waals surface area contributed by atoms with E-state index in [0.29, 0.717) is 11.4 Å². The lowest BCUT2D eigenvalue weighted by molar-refractivity contribution is -0.131. The minimum Gasteiger partial charge on any atom is -0.440 e. The third-order valence-electron chi connectivity index (χ3n) is 4.95. The van der Waals surface area contributed by atoms with E-state index in [1.165, 1.54) is 0 Å². The number of benzene rings is 1. The van der Waals surface area contributed by atoms with Crippen LogP contribution in [0.15, 0.2) is 40.9 Å². The fourth-order valence-electron chi connectivity index (χ4n) is 3.43. The zero-order valence-electron chi connectivity index (χ0n) is 14.6. The van der Waals surface area contributed by atoms with Crippen LogP contribution in [-0.4, -0.2) is 33.9 Å². The second-order valence-electron chi connectivity index (χ2n) is 6.77. The largest absolute Gasteiger partial charge is 0.440 e. The maximum atomic E-state index is 12.5. The van der Waals surface area contributed by atoms with Crippen molar-refractivity contribution in [2.45, 2.75) is 32.1 Å². The molecule has 134 valence electrons. The summed E-state index contributed by atoms with van der Waals surface area (Å²) in [6.45, 7) is 3.47. The molecule has 3 heterocycles. The molecule has 1 amide bonds. The van der Waals surface area contributed by atoms with Gasteiger partial charge in [-0.15, -0.1) is 0 Å². The van der Waals surface area contributed by atoms with E-state index in [9.17, 15) is 4.79 Å². The number of rotatable bonds is 3. The summed E-state index contributed by atoms with van der Waals surface area (Å²) in [7, 11) is 0. The lowest BCUT2D eigenvalue weighted by Crippen LogP contribution is -2.38. The molecule has 0 atom stereocenters. The maximum Gasteiger partial charge on any atom is 0.228 e. The van der Waals surface area contributed by atoms with E-state index in [-0.39, 0.29) is 11.8 Å². The molecule has 1 aliphatic rings. The van der Waals surface area contributed by atoms with Gasteiger partial charge in [-0.2, -0.15) is 0 Å². The van der Waals surface area contributed by atoms with E-state index in [2.05, 4.69) is 9.97 Å².